The smallest absolute Gasteiger partial charge is 0.341 e. The number of pyridine rings is 2. The summed E-state index contributed by atoms with van der Waals surface area (Å²) in [4.78, 5) is 27.4. The molecule has 2 N–H and O–H groups in total. The summed E-state index contributed by atoms with van der Waals surface area (Å²) in [5, 5.41) is 20.8. The van der Waals surface area contributed by atoms with Crippen LogP contribution in [0.4, 0.5) is 0 Å². The highest BCUT2D eigenvalue weighted by Crippen LogP contribution is 2.29. The largest absolute Gasteiger partial charge is 0.502 e. The monoisotopic (exact) mass is 302 g/mol. The van der Waals surface area contributed by atoms with Crippen molar-refractivity contribution in [3.63, 3.8) is 0 Å². The number of fused-ring (bicyclic) bond motifs is 1. The van der Waals surface area contributed by atoms with Crippen molar-refractivity contribution < 1.29 is 15.0 Å². The van der Waals surface area contributed by atoms with Gasteiger partial charge in [0.05, 0.1) is 16.8 Å². The van der Waals surface area contributed by atoms with Crippen LogP contribution in [0.25, 0.3) is 10.2 Å². The van der Waals surface area contributed by atoms with Crippen molar-refractivity contribution >= 4 is 27.5 Å². The number of thiophene rings is 1. The third-order valence-corrected chi connectivity index (χ3v) is 4.07. The molecular formula is C14H10N2O4S. The Morgan fingerprint density at radius 2 is 2.00 bits per heavy atom. The van der Waals surface area contributed by atoms with Crippen LogP contribution in [0.2, 0.25) is 0 Å². The fourth-order valence-electron chi connectivity index (χ4n) is 2.18. The predicted octanol–water partition coefficient (Wildman–Crippen LogP) is 1.91. The van der Waals surface area contributed by atoms with Gasteiger partial charge in [0.15, 0.2) is 5.75 Å². The molecule has 21 heavy (non-hydrogen) atoms. The number of nitrogens with zero attached hydrogens (tertiary/aromatic N) is 2. The lowest BCUT2D eigenvalue weighted by atomic mass is 10.2. The van der Waals surface area contributed by atoms with Crippen molar-refractivity contribution in [2.75, 3.05) is 0 Å². The van der Waals surface area contributed by atoms with Gasteiger partial charge in [-0.15, -0.1) is 11.3 Å². The van der Waals surface area contributed by atoms with Crippen molar-refractivity contribution in [1.29, 1.82) is 0 Å². The molecule has 3 heterocycles. The molecule has 106 valence electrons. The van der Waals surface area contributed by atoms with Gasteiger partial charge in [0.1, 0.15) is 5.56 Å². The molecule has 0 aromatic carbocycles. The normalized spacial score (nSPS) is 10.9. The maximum absolute atomic E-state index is 12.2. The van der Waals surface area contributed by atoms with Gasteiger partial charge in [-0.2, -0.15) is 0 Å². The topological polar surface area (TPSA) is 92.4 Å². The zero-order valence-corrected chi connectivity index (χ0v) is 11.5. The van der Waals surface area contributed by atoms with Crippen molar-refractivity contribution in [2.45, 2.75) is 6.54 Å². The van der Waals surface area contributed by atoms with Gasteiger partial charge in [-0.3, -0.25) is 14.3 Å². The number of carboxylic acids is 1. The molecule has 0 fully saturated rings. The molecule has 0 atom stereocenters. The van der Waals surface area contributed by atoms with E-state index in [0.717, 1.165) is 5.56 Å². The molecule has 3 rings (SSSR count). The summed E-state index contributed by atoms with van der Waals surface area (Å²) in [6.45, 7) is 0.238. The third kappa shape index (κ3) is 2.17. The summed E-state index contributed by atoms with van der Waals surface area (Å²) >= 11 is 1.18. The minimum Gasteiger partial charge on any atom is -0.502 e. The molecule has 0 unspecified atom stereocenters. The number of aromatic hydroxyl groups is 1. The van der Waals surface area contributed by atoms with Crippen LogP contribution < -0.4 is 5.56 Å². The standard InChI is InChI=1S/C14H10N2O4S/c17-11-10(14(19)20)12-9(3-6-21-12)16(13(11)18)7-8-1-4-15-5-2-8/h1-6,17H,7H2,(H,19,20). The summed E-state index contributed by atoms with van der Waals surface area (Å²) in [6.07, 6.45) is 3.22. The Hall–Kier alpha value is -2.67. The van der Waals surface area contributed by atoms with Crippen LogP contribution >= 0.6 is 11.3 Å². The molecule has 3 aromatic heterocycles. The first kappa shape index (κ1) is 13.3. The van der Waals surface area contributed by atoms with E-state index in [0.29, 0.717) is 10.2 Å². The Balaban J connectivity index is 2.27. The molecule has 3 aromatic rings. The third-order valence-electron chi connectivity index (χ3n) is 3.15. The lowest BCUT2D eigenvalue weighted by Crippen LogP contribution is -2.22. The van der Waals surface area contributed by atoms with Crippen molar-refractivity contribution in [3.05, 3.63) is 57.5 Å². The SMILES string of the molecule is O=C(O)c1c(O)c(=O)n(Cc2ccncc2)c2ccsc12. The molecule has 0 aliphatic heterocycles. The number of aromatic carboxylic acids is 1. The lowest BCUT2D eigenvalue weighted by Gasteiger charge is -2.10. The number of hydrogen-bond acceptors (Lipinski definition) is 5. The number of aromatic nitrogens is 2. The summed E-state index contributed by atoms with van der Waals surface area (Å²) in [5.74, 6) is -2.04. The summed E-state index contributed by atoms with van der Waals surface area (Å²) < 4.78 is 1.75. The van der Waals surface area contributed by atoms with Crippen LogP contribution in [0.1, 0.15) is 15.9 Å². The Morgan fingerprint density at radius 1 is 1.29 bits per heavy atom. The predicted molar refractivity (Wildman–Crippen MR) is 78.0 cm³/mol. The van der Waals surface area contributed by atoms with E-state index in [9.17, 15) is 19.8 Å². The molecule has 0 radical (unpaired) electrons. The minimum absolute atomic E-state index is 0.238. The first-order chi connectivity index (χ1) is 10.1. The van der Waals surface area contributed by atoms with Crippen LogP contribution in [0.5, 0.6) is 5.75 Å². The maximum Gasteiger partial charge on any atom is 0.341 e. The summed E-state index contributed by atoms with van der Waals surface area (Å²) in [7, 11) is 0. The number of carboxylic acid groups (broad SMARTS) is 1. The molecule has 6 nitrogen and oxygen atoms in total. The van der Waals surface area contributed by atoms with Gasteiger partial charge >= 0.3 is 5.97 Å². The molecule has 7 heteroatoms. The Kier molecular flexibility index (Phi) is 3.19. The number of carbonyl (C=O) groups is 1. The Morgan fingerprint density at radius 3 is 2.67 bits per heavy atom. The van der Waals surface area contributed by atoms with Gasteiger partial charge in [0.25, 0.3) is 5.56 Å². The second kappa shape index (κ2) is 5.02. The second-order valence-electron chi connectivity index (χ2n) is 4.41. The van der Waals surface area contributed by atoms with E-state index in [1.807, 2.05) is 0 Å². The second-order valence-corrected chi connectivity index (χ2v) is 5.33. The van der Waals surface area contributed by atoms with Gasteiger partial charge in [0, 0.05) is 12.4 Å². The van der Waals surface area contributed by atoms with E-state index in [1.165, 1.54) is 15.9 Å². The van der Waals surface area contributed by atoms with E-state index < -0.39 is 17.3 Å². The Labute approximate surface area is 122 Å². The highest BCUT2D eigenvalue weighted by Gasteiger charge is 2.22. The van der Waals surface area contributed by atoms with Crippen LogP contribution in [0.15, 0.2) is 40.8 Å². The van der Waals surface area contributed by atoms with Crippen LogP contribution in [0.3, 0.4) is 0 Å². The fourth-order valence-corrected chi connectivity index (χ4v) is 3.11. The van der Waals surface area contributed by atoms with E-state index in [2.05, 4.69) is 4.98 Å². The van der Waals surface area contributed by atoms with E-state index in [-0.39, 0.29) is 12.1 Å². The Bertz CT molecular complexity index is 883. The van der Waals surface area contributed by atoms with Gasteiger partial charge < -0.3 is 10.2 Å². The van der Waals surface area contributed by atoms with E-state index in [4.69, 9.17) is 0 Å². The summed E-state index contributed by atoms with van der Waals surface area (Å²) in [5.41, 5.74) is 0.283. The molecule has 0 spiro atoms. The maximum atomic E-state index is 12.2. The van der Waals surface area contributed by atoms with Crippen LogP contribution in [0, 0.1) is 0 Å². The molecule has 0 aliphatic carbocycles. The fraction of sp³-hybridized carbons (Fsp3) is 0.0714. The van der Waals surface area contributed by atoms with E-state index in [1.54, 1.807) is 36.0 Å². The highest BCUT2D eigenvalue weighted by atomic mass is 32.1. The van der Waals surface area contributed by atoms with Gasteiger partial charge in [-0.05, 0) is 29.1 Å². The molecule has 0 saturated heterocycles. The number of hydrogen-bond donors (Lipinski definition) is 2. The van der Waals surface area contributed by atoms with Crippen molar-refractivity contribution in [3.8, 4) is 5.75 Å². The van der Waals surface area contributed by atoms with Crippen LogP contribution in [-0.2, 0) is 6.54 Å². The average Bonchev–Trinajstić information content (AvgIpc) is 2.93. The highest BCUT2D eigenvalue weighted by molar-refractivity contribution is 7.17. The lowest BCUT2D eigenvalue weighted by molar-refractivity contribution is 0.0695. The molecule has 0 amide bonds. The molecule has 0 aliphatic rings. The van der Waals surface area contributed by atoms with Gasteiger partial charge in [-0.1, -0.05) is 0 Å². The minimum atomic E-state index is -1.31. The van der Waals surface area contributed by atoms with Crippen LogP contribution in [-0.4, -0.2) is 25.7 Å². The van der Waals surface area contributed by atoms with Crippen molar-refractivity contribution in [1.82, 2.24) is 9.55 Å². The van der Waals surface area contributed by atoms with Gasteiger partial charge in [-0.25, -0.2) is 4.79 Å². The van der Waals surface area contributed by atoms with E-state index >= 15 is 0 Å². The van der Waals surface area contributed by atoms with Crippen molar-refractivity contribution in [2.24, 2.45) is 0 Å². The average molecular weight is 302 g/mol. The first-order valence-electron chi connectivity index (χ1n) is 6.04. The molecule has 0 bridgehead atoms. The summed E-state index contributed by atoms with van der Waals surface area (Å²) in [6, 6.07) is 5.19. The quantitative estimate of drug-likeness (QED) is 0.771. The zero-order valence-electron chi connectivity index (χ0n) is 10.7. The first-order valence-corrected chi connectivity index (χ1v) is 6.92. The molecular weight excluding hydrogens is 292 g/mol. The number of rotatable bonds is 3. The zero-order chi connectivity index (χ0) is 15.0. The molecule has 0 saturated carbocycles. The van der Waals surface area contributed by atoms with Gasteiger partial charge in [0.2, 0.25) is 0 Å².